The fourth-order valence-electron chi connectivity index (χ4n) is 1.61. The van der Waals surface area contributed by atoms with Crippen LogP contribution in [0.4, 0.5) is 10.6 Å². The Labute approximate surface area is 104 Å². The molecule has 18 heavy (non-hydrogen) atoms. The van der Waals surface area contributed by atoms with Gasteiger partial charge in [-0.05, 0) is 31.9 Å². The van der Waals surface area contributed by atoms with Crippen LogP contribution in [0.25, 0.3) is 0 Å². The molecule has 1 aliphatic rings. The average Bonchev–Trinajstić information content (AvgIpc) is 3.15. The first-order chi connectivity index (χ1) is 8.63. The van der Waals surface area contributed by atoms with Gasteiger partial charge in [0, 0.05) is 12.2 Å². The molecule has 1 saturated carbocycles. The predicted octanol–water partition coefficient (Wildman–Crippen LogP) is 1.91. The minimum Gasteiger partial charge on any atom is -0.478 e. The van der Waals surface area contributed by atoms with E-state index >= 15 is 0 Å². The Hall–Kier alpha value is -2.11. The fourth-order valence-corrected chi connectivity index (χ4v) is 1.61. The lowest BCUT2D eigenvalue weighted by molar-refractivity contribution is 0.0696. The molecule has 1 heterocycles. The van der Waals surface area contributed by atoms with E-state index in [-0.39, 0.29) is 11.6 Å². The van der Waals surface area contributed by atoms with Crippen LogP contribution in [0.5, 0.6) is 0 Å². The summed E-state index contributed by atoms with van der Waals surface area (Å²) in [4.78, 5) is 28.0. The summed E-state index contributed by atoms with van der Waals surface area (Å²) in [6, 6.07) is 3.07. The zero-order valence-electron chi connectivity index (χ0n) is 10.00. The van der Waals surface area contributed by atoms with Crippen molar-refractivity contribution in [1.29, 1.82) is 0 Å². The summed E-state index contributed by atoms with van der Waals surface area (Å²) >= 11 is 0. The van der Waals surface area contributed by atoms with Crippen molar-refractivity contribution >= 4 is 17.9 Å². The maximum atomic E-state index is 11.8. The molecule has 1 N–H and O–H groups in total. The van der Waals surface area contributed by atoms with E-state index < -0.39 is 12.1 Å². The number of pyridine rings is 1. The summed E-state index contributed by atoms with van der Waals surface area (Å²) in [5.74, 6) is -0.607. The van der Waals surface area contributed by atoms with E-state index in [0.717, 1.165) is 12.8 Å². The molecule has 6 nitrogen and oxygen atoms in total. The van der Waals surface area contributed by atoms with Gasteiger partial charge in [0.15, 0.2) is 0 Å². The summed E-state index contributed by atoms with van der Waals surface area (Å²) in [6.07, 6.45) is 2.64. The van der Waals surface area contributed by atoms with E-state index in [0.29, 0.717) is 12.4 Å². The number of anilines is 1. The second-order valence-corrected chi connectivity index (χ2v) is 4.01. The molecule has 0 atom stereocenters. The third-order valence-electron chi connectivity index (χ3n) is 2.62. The fraction of sp³-hybridized carbons (Fsp3) is 0.417. The van der Waals surface area contributed by atoms with E-state index in [4.69, 9.17) is 9.84 Å². The van der Waals surface area contributed by atoms with Crippen molar-refractivity contribution < 1.29 is 19.4 Å². The smallest absolute Gasteiger partial charge is 0.415 e. The van der Waals surface area contributed by atoms with Crippen LogP contribution in [0.3, 0.4) is 0 Å². The molecule has 0 aliphatic heterocycles. The summed E-state index contributed by atoms with van der Waals surface area (Å²) in [6.45, 7) is 2.04. The number of aromatic nitrogens is 1. The van der Waals surface area contributed by atoms with Crippen molar-refractivity contribution in [3.8, 4) is 0 Å². The van der Waals surface area contributed by atoms with Gasteiger partial charge >= 0.3 is 12.1 Å². The van der Waals surface area contributed by atoms with Gasteiger partial charge in [0.1, 0.15) is 5.82 Å². The zero-order valence-corrected chi connectivity index (χ0v) is 10.00. The summed E-state index contributed by atoms with van der Waals surface area (Å²) < 4.78 is 4.97. The SMILES string of the molecule is CCOC(=O)N(c1ccc(C(=O)O)cn1)C1CC1. The number of nitrogens with zero attached hydrogens (tertiary/aromatic N) is 2. The Morgan fingerprint density at radius 2 is 2.22 bits per heavy atom. The molecule has 0 unspecified atom stereocenters. The highest BCUT2D eigenvalue weighted by Crippen LogP contribution is 2.31. The number of carbonyl (C=O) groups is 2. The summed E-state index contributed by atoms with van der Waals surface area (Å²) in [5.41, 5.74) is 0.0957. The van der Waals surface area contributed by atoms with Crippen LogP contribution in [0.1, 0.15) is 30.1 Å². The number of carboxylic acid groups (broad SMARTS) is 1. The van der Waals surface area contributed by atoms with Crippen LogP contribution in [0.2, 0.25) is 0 Å². The largest absolute Gasteiger partial charge is 0.478 e. The number of ether oxygens (including phenoxy) is 1. The Balaban J connectivity index is 2.20. The molecule has 0 aromatic carbocycles. The molecular weight excluding hydrogens is 236 g/mol. The second kappa shape index (κ2) is 5.03. The van der Waals surface area contributed by atoms with Crippen molar-refractivity contribution in [3.05, 3.63) is 23.9 Å². The van der Waals surface area contributed by atoms with Gasteiger partial charge in [-0.3, -0.25) is 4.90 Å². The number of rotatable bonds is 4. The van der Waals surface area contributed by atoms with Crippen molar-refractivity contribution in [2.75, 3.05) is 11.5 Å². The lowest BCUT2D eigenvalue weighted by atomic mass is 10.3. The number of amides is 1. The zero-order chi connectivity index (χ0) is 13.1. The quantitative estimate of drug-likeness (QED) is 0.882. The highest BCUT2D eigenvalue weighted by Gasteiger charge is 2.35. The third kappa shape index (κ3) is 2.58. The van der Waals surface area contributed by atoms with Crippen molar-refractivity contribution in [2.45, 2.75) is 25.8 Å². The van der Waals surface area contributed by atoms with E-state index in [1.165, 1.54) is 23.2 Å². The van der Waals surface area contributed by atoms with Crippen LogP contribution in [0.15, 0.2) is 18.3 Å². The summed E-state index contributed by atoms with van der Waals surface area (Å²) in [7, 11) is 0. The van der Waals surface area contributed by atoms with Crippen LogP contribution < -0.4 is 4.90 Å². The highest BCUT2D eigenvalue weighted by atomic mass is 16.6. The van der Waals surface area contributed by atoms with Crippen LogP contribution in [0, 0.1) is 0 Å². The minimum absolute atomic E-state index is 0.0957. The molecule has 1 aromatic rings. The topological polar surface area (TPSA) is 79.7 Å². The molecule has 0 bridgehead atoms. The lowest BCUT2D eigenvalue weighted by Crippen LogP contribution is -2.34. The van der Waals surface area contributed by atoms with Gasteiger partial charge in [-0.2, -0.15) is 0 Å². The summed E-state index contributed by atoms with van der Waals surface area (Å²) in [5, 5.41) is 8.78. The molecule has 1 fully saturated rings. The van der Waals surface area contributed by atoms with Gasteiger partial charge in [-0.15, -0.1) is 0 Å². The molecule has 2 rings (SSSR count). The molecule has 1 amide bonds. The number of aromatic carboxylic acids is 1. The van der Waals surface area contributed by atoms with Crippen LogP contribution >= 0.6 is 0 Å². The van der Waals surface area contributed by atoms with Gasteiger partial charge < -0.3 is 9.84 Å². The molecule has 1 aromatic heterocycles. The van der Waals surface area contributed by atoms with E-state index in [1.807, 2.05) is 0 Å². The van der Waals surface area contributed by atoms with Crippen LogP contribution in [-0.4, -0.2) is 34.8 Å². The predicted molar refractivity (Wildman–Crippen MR) is 63.7 cm³/mol. The maximum absolute atomic E-state index is 11.8. The van der Waals surface area contributed by atoms with E-state index in [2.05, 4.69) is 4.98 Å². The second-order valence-electron chi connectivity index (χ2n) is 4.01. The molecule has 0 radical (unpaired) electrons. The van der Waals surface area contributed by atoms with Gasteiger partial charge in [0.2, 0.25) is 0 Å². The van der Waals surface area contributed by atoms with Crippen molar-refractivity contribution in [3.63, 3.8) is 0 Å². The number of hydrogen-bond acceptors (Lipinski definition) is 4. The molecule has 96 valence electrons. The number of hydrogen-bond donors (Lipinski definition) is 1. The monoisotopic (exact) mass is 250 g/mol. The number of carboxylic acids is 1. The highest BCUT2D eigenvalue weighted by molar-refractivity contribution is 5.90. The Morgan fingerprint density at radius 3 is 2.67 bits per heavy atom. The van der Waals surface area contributed by atoms with Gasteiger partial charge in [0.25, 0.3) is 0 Å². The first-order valence-corrected chi connectivity index (χ1v) is 5.78. The Kier molecular flexibility index (Phi) is 3.45. The third-order valence-corrected chi connectivity index (χ3v) is 2.62. The molecular formula is C12H14N2O4. The molecule has 6 heteroatoms. The van der Waals surface area contributed by atoms with E-state index in [1.54, 1.807) is 6.92 Å². The first-order valence-electron chi connectivity index (χ1n) is 5.78. The normalized spacial score (nSPS) is 14.1. The maximum Gasteiger partial charge on any atom is 0.415 e. The average molecular weight is 250 g/mol. The number of carbonyl (C=O) groups excluding carboxylic acids is 1. The molecule has 0 saturated heterocycles. The van der Waals surface area contributed by atoms with Crippen molar-refractivity contribution in [2.24, 2.45) is 0 Å². The minimum atomic E-state index is -1.04. The Morgan fingerprint density at radius 1 is 1.50 bits per heavy atom. The molecule has 1 aliphatic carbocycles. The standard InChI is InChI=1S/C12H14N2O4/c1-2-18-12(17)14(9-4-5-9)10-6-3-8(7-13-10)11(15)16/h3,6-7,9H,2,4-5H2,1H3,(H,15,16). The molecule has 0 spiro atoms. The van der Waals surface area contributed by atoms with Gasteiger partial charge in [-0.25, -0.2) is 14.6 Å². The first kappa shape index (κ1) is 12.3. The van der Waals surface area contributed by atoms with Crippen molar-refractivity contribution in [1.82, 2.24) is 4.98 Å². The van der Waals surface area contributed by atoms with Gasteiger partial charge in [0.05, 0.1) is 12.2 Å². The lowest BCUT2D eigenvalue weighted by Gasteiger charge is -2.20. The van der Waals surface area contributed by atoms with E-state index in [9.17, 15) is 9.59 Å². The van der Waals surface area contributed by atoms with Gasteiger partial charge in [-0.1, -0.05) is 0 Å². The van der Waals surface area contributed by atoms with Crippen LogP contribution in [-0.2, 0) is 4.74 Å². The Bertz CT molecular complexity index is 454.